The van der Waals surface area contributed by atoms with Gasteiger partial charge in [-0.1, -0.05) is 26.7 Å². The van der Waals surface area contributed by atoms with Gasteiger partial charge in [-0.05, 0) is 37.0 Å². The van der Waals surface area contributed by atoms with Crippen LogP contribution in [0.3, 0.4) is 0 Å². The molecule has 0 N–H and O–H groups in total. The number of unbranched alkanes of at least 4 members (excludes halogenated alkanes) is 2. The Labute approximate surface area is 137 Å². The molecule has 128 valence electrons. The molecular formula is C18H26O5. The largest absolute Gasteiger partial charge is 0.493 e. The van der Waals surface area contributed by atoms with Crippen molar-refractivity contribution in [1.29, 1.82) is 0 Å². The maximum absolute atomic E-state index is 12.2. The van der Waals surface area contributed by atoms with Gasteiger partial charge in [-0.15, -0.1) is 0 Å². The molecule has 0 spiro atoms. The number of aryl methyl sites for hydroxylation is 1. The van der Waals surface area contributed by atoms with Gasteiger partial charge in [0.05, 0.1) is 26.4 Å². The van der Waals surface area contributed by atoms with Gasteiger partial charge in [0.2, 0.25) is 0 Å². The molecule has 5 nitrogen and oxygen atoms in total. The second-order valence-corrected chi connectivity index (χ2v) is 5.30. The molecule has 0 saturated carbocycles. The van der Waals surface area contributed by atoms with Crippen LogP contribution in [-0.2, 0) is 15.9 Å². The van der Waals surface area contributed by atoms with Crippen molar-refractivity contribution < 1.29 is 23.8 Å². The van der Waals surface area contributed by atoms with Crippen LogP contribution in [0.4, 0.5) is 0 Å². The molecule has 0 aliphatic rings. The molecule has 5 heteroatoms. The maximum atomic E-state index is 12.2. The Balaban J connectivity index is 3.40. The quantitative estimate of drug-likeness (QED) is 0.539. The number of methoxy groups -OCH3 is 2. The van der Waals surface area contributed by atoms with Crippen LogP contribution in [-0.4, -0.2) is 32.8 Å². The summed E-state index contributed by atoms with van der Waals surface area (Å²) in [4.78, 5) is 24.4. The Morgan fingerprint density at radius 2 is 1.61 bits per heavy atom. The molecule has 0 radical (unpaired) electrons. The van der Waals surface area contributed by atoms with Crippen molar-refractivity contribution in [3.05, 3.63) is 28.3 Å². The second-order valence-electron chi connectivity index (χ2n) is 5.30. The molecule has 0 saturated heterocycles. The zero-order valence-electron chi connectivity index (χ0n) is 14.7. The van der Waals surface area contributed by atoms with E-state index >= 15 is 0 Å². The third-order valence-electron chi connectivity index (χ3n) is 3.82. The highest BCUT2D eigenvalue weighted by Crippen LogP contribution is 2.31. The molecule has 0 bridgehead atoms. The van der Waals surface area contributed by atoms with E-state index in [2.05, 4.69) is 6.92 Å². The minimum absolute atomic E-state index is 0.144. The van der Waals surface area contributed by atoms with Crippen LogP contribution in [0, 0.1) is 6.92 Å². The average Bonchev–Trinajstić information content (AvgIpc) is 2.57. The summed E-state index contributed by atoms with van der Waals surface area (Å²) in [6, 6.07) is 1.82. The van der Waals surface area contributed by atoms with Crippen LogP contribution in [0.1, 0.15) is 65.0 Å². The lowest BCUT2D eigenvalue weighted by Gasteiger charge is -2.18. The Morgan fingerprint density at radius 1 is 1.00 bits per heavy atom. The maximum Gasteiger partial charge on any atom is 0.342 e. The second kappa shape index (κ2) is 9.18. The monoisotopic (exact) mass is 322 g/mol. The van der Waals surface area contributed by atoms with E-state index in [1.54, 1.807) is 6.92 Å². The molecule has 1 aromatic rings. The summed E-state index contributed by atoms with van der Waals surface area (Å²) in [5.41, 5.74) is 2.04. The lowest BCUT2D eigenvalue weighted by Crippen LogP contribution is -2.17. The van der Waals surface area contributed by atoms with Gasteiger partial charge in [0.25, 0.3) is 0 Å². The highest BCUT2D eigenvalue weighted by atomic mass is 16.5. The molecule has 0 atom stereocenters. The molecule has 0 aliphatic heterocycles. The smallest absolute Gasteiger partial charge is 0.342 e. The van der Waals surface area contributed by atoms with Crippen LogP contribution >= 0.6 is 0 Å². The van der Waals surface area contributed by atoms with Gasteiger partial charge in [0.1, 0.15) is 11.3 Å². The third-order valence-corrected chi connectivity index (χ3v) is 3.82. The zero-order valence-corrected chi connectivity index (χ0v) is 14.7. The predicted octanol–water partition coefficient (Wildman–Crippen LogP) is 3.70. The van der Waals surface area contributed by atoms with Gasteiger partial charge in [-0.2, -0.15) is 0 Å². The summed E-state index contributed by atoms with van der Waals surface area (Å²) >= 11 is 0. The molecule has 0 fully saturated rings. The van der Waals surface area contributed by atoms with Crippen molar-refractivity contribution in [2.75, 3.05) is 20.8 Å². The van der Waals surface area contributed by atoms with Crippen molar-refractivity contribution in [2.45, 2.75) is 46.5 Å². The van der Waals surface area contributed by atoms with Gasteiger partial charge >= 0.3 is 11.9 Å². The summed E-state index contributed by atoms with van der Waals surface area (Å²) in [5.74, 6) is -0.769. The van der Waals surface area contributed by atoms with Crippen molar-refractivity contribution >= 4 is 11.9 Å². The molecule has 1 aromatic carbocycles. The fraction of sp³-hybridized carbons (Fsp3) is 0.556. The van der Waals surface area contributed by atoms with Gasteiger partial charge < -0.3 is 14.2 Å². The summed E-state index contributed by atoms with van der Waals surface area (Å²) in [6.45, 7) is 6.39. The highest BCUT2D eigenvalue weighted by molar-refractivity contribution is 6.06. The van der Waals surface area contributed by atoms with Gasteiger partial charge in [-0.3, -0.25) is 0 Å². The van der Waals surface area contributed by atoms with E-state index in [0.29, 0.717) is 12.4 Å². The van der Waals surface area contributed by atoms with E-state index < -0.39 is 11.9 Å². The Hall–Kier alpha value is -2.04. The topological polar surface area (TPSA) is 61.8 Å². The first kappa shape index (κ1) is 19.0. The van der Waals surface area contributed by atoms with E-state index in [-0.39, 0.29) is 11.1 Å². The van der Waals surface area contributed by atoms with Crippen LogP contribution in [0.15, 0.2) is 6.07 Å². The molecule has 0 amide bonds. The van der Waals surface area contributed by atoms with E-state index in [1.165, 1.54) is 14.2 Å². The SMILES string of the molecule is CCCCCOc1cc(CC)c(C)c(C(=O)OC)c1C(=O)OC. The van der Waals surface area contributed by atoms with Crippen LogP contribution in [0.25, 0.3) is 0 Å². The first-order valence-corrected chi connectivity index (χ1v) is 7.97. The molecule has 0 aliphatic carbocycles. The summed E-state index contributed by atoms with van der Waals surface area (Å²) in [7, 11) is 2.58. The van der Waals surface area contributed by atoms with Crippen molar-refractivity contribution in [3.63, 3.8) is 0 Å². The van der Waals surface area contributed by atoms with E-state index in [4.69, 9.17) is 14.2 Å². The molecule has 23 heavy (non-hydrogen) atoms. The molecule has 0 aromatic heterocycles. The Morgan fingerprint density at radius 3 is 2.13 bits per heavy atom. The van der Waals surface area contributed by atoms with Gasteiger partial charge in [0.15, 0.2) is 0 Å². The Kier molecular flexibility index (Phi) is 7.59. The number of carbonyl (C=O) groups excluding carboxylic acids is 2. The Bertz CT molecular complexity index is 563. The van der Waals surface area contributed by atoms with Gasteiger partial charge in [0, 0.05) is 0 Å². The number of ether oxygens (including phenoxy) is 3. The van der Waals surface area contributed by atoms with Crippen molar-refractivity contribution in [2.24, 2.45) is 0 Å². The standard InChI is InChI=1S/C18H26O5/c1-6-8-9-10-23-14-11-13(7-2)12(3)15(17(19)21-4)16(14)18(20)22-5/h11H,6-10H2,1-5H3. The van der Waals surface area contributed by atoms with Crippen LogP contribution < -0.4 is 4.74 Å². The summed E-state index contributed by atoms with van der Waals surface area (Å²) < 4.78 is 15.5. The van der Waals surface area contributed by atoms with Crippen molar-refractivity contribution in [1.82, 2.24) is 0 Å². The molecule has 1 rings (SSSR count). The lowest BCUT2D eigenvalue weighted by molar-refractivity contribution is 0.0550. The van der Waals surface area contributed by atoms with E-state index in [0.717, 1.165) is 36.8 Å². The first-order valence-electron chi connectivity index (χ1n) is 7.97. The van der Waals surface area contributed by atoms with Crippen LogP contribution in [0.2, 0.25) is 0 Å². The van der Waals surface area contributed by atoms with E-state index in [9.17, 15) is 9.59 Å². The summed E-state index contributed by atoms with van der Waals surface area (Å²) in [5, 5.41) is 0. The number of esters is 2. The number of carbonyl (C=O) groups is 2. The summed E-state index contributed by atoms with van der Waals surface area (Å²) in [6.07, 6.45) is 3.74. The average molecular weight is 322 g/mol. The fourth-order valence-corrected chi connectivity index (χ4v) is 2.49. The lowest BCUT2D eigenvalue weighted by atomic mass is 9.94. The molecular weight excluding hydrogens is 296 g/mol. The van der Waals surface area contributed by atoms with Gasteiger partial charge in [-0.25, -0.2) is 9.59 Å². The molecule has 0 unspecified atom stereocenters. The number of benzene rings is 1. The first-order chi connectivity index (χ1) is 11.0. The minimum atomic E-state index is -0.596. The van der Waals surface area contributed by atoms with Crippen LogP contribution in [0.5, 0.6) is 5.75 Å². The fourth-order valence-electron chi connectivity index (χ4n) is 2.49. The molecule has 0 heterocycles. The number of hydrogen-bond donors (Lipinski definition) is 0. The number of hydrogen-bond acceptors (Lipinski definition) is 5. The predicted molar refractivity (Wildman–Crippen MR) is 88.3 cm³/mol. The normalized spacial score (nSPS) is 10.3. The number of rotatable bonds is 8. The third kappa shape index (κ3) is 4.47. The minimum Gasteiger partial charge on any atom is -0.493 e. The zero-order chi connectivity index (χ0) is 17.4. The van der Waals surface area contributed by atoms with E-state index in [1.807, 2.05) is 13.0 Å². The highest BCUT2D eigenvalue weighted by Gasteiger charge is 2.27. The van der Waals surface area contributed by atoms with Crippen molar-refractivity contribution in [3.8, 4) is 5.75 Å².